The first-order chi connectivity index (χ1) is 17.0. The fraction of sp³-hybridized carbons (Fsp3) is 0.600. The summed E-state index contributed by atoms with van der Waals surface area (Å²) < 4.78 is 0. The van der Waals surface area contributed by atoms with Gasteiger partial charge in [-0.3, -0.25) is 0 Å². The van der Waals surface area contributed by atoms with E-state index in [4.69, 9.17) is 11.6 Å². The molecule has 4 saturated carbocycles. The molecule has 5 heteroatoms. The summed E-state index contributed by atoms with van der Waals surface area (Å²) in [6.45, 7) is 4.15. The minimum Gasteiger partial charge on any atom is -0.391 e. The van der Waals surface area contributed by atoms with Gasteiger partial charge in [0.25, 0.3) is 0 Å². The van der Waals surface area contributed by atoms with E-state index in [1.165, 1.54) is 72.5 Å². The number of benzene rings is 2. The molecule has 5 fully saturated rings. The Morgan fingerprint density at radius 1 is 0.914 bits per heavy atom. The molecule has 0 unspecified atom stereocenters. The highest BCUT2D eigenvalue weighted by atomic mass is 35.5. The summed E-state index contributed by atoms with van der Waals surface area (Å²) in [6, 6.07) is 15.1. The van der Waals surface area contributed by atoms with E-state index >= 15 is 0 Å². The Bertz CT molecular complexity index is 1060. The van der Waals surface area contributed by atoms with Gasteiger partial charge in [0.1, 0.15) is 0 Å². The summed E-state index contributed by atoms with van der Waals surface area (Å²) in [5, 5.41) is 12.3. The van der Waals surface area contributed by atoms with E-state index in [-0.39, 0.29) is 11.5 Å². The van der Waals surface area contributed by atoms with Crippen molar-refractivity contribution in [2.24, 2.45) is 29.1 Å². The van der Waals surface area contributed by atoms with E-state index < -0.39 is 0 Å². The zero-order valence-corrected chi connectivity index (χ0v) is 22.1. The van der Waals surface area contributed by atoms with Gasteiger partial charge >= 0.3 is 0 Å². The molecule has 4 bridgehead atoms. The van der Waals surface area contributed by atoms with Crippen molar-refractivity contribution >= 4 is 34.7 Å². The van der Waals surface area contributed by atoms with Gasteiger partial charge in [-0.05, 0) is 124 Å². The number of halogens is 1. The van der Waals surface area contributed by atoms with Gasteiger partial charge in [-0.15, -0.1) is 0 Å². The molecule has 2 aromatic rings. The maximum Gasteiger partial charge on any atom is 0.0723 e. The van der Waals surface area contributed by atoms with E-state index in [0.29, 0.717) is 5.92 Å². The lowest BCUT2D eigenvalue weighted by molar-refractivity contribution is -0.127. The molecule has 1 N–H and O–H groups in total. The van der Waals surface area contributed by atoms with Crippen LogP contribution in [0, 0.1) is 29.1 Å². The molecule has 2 aromatic carbocycles. The summed E-state index contributed by atoms with van der Waals surface area (Å²) in [5.74, 6) is 3.38. The van der Waals surface area contributed by atoms with Crippen LogP contribution in [0.25, 0.3) is 0 Å². The van der Waals surface area contributed by atoms with Crippen molar-refractivity contribution in [2.45, 2.75) is 67.3 Å². The van der Waals surface area contributed by atoms with Gasteiger partial charge in [-0.1, -0.05) is 35.5 Å². The fourth-order valence-electron chi connectivity index (χ4n) is 8.63. The molecule has 6 aliphatic rings. The molecule has 8 rings (SSSR count). The van der Waals surface area contributed by atoms with Crippen LogP contribution in [0.5, 0.6) is 0 Å². The van der Waals surface area contributed by atoms with E-state index in [0.717, 1.165) is 49.0 Å². The molecule has 1 atom stereocenters. The van der Waals surface area contributed by atoms with Crippen LogP contribution in [0.1, 0.15) is 51.4 Å². The molecular formula is C30H37ClN2OS. The Balaban J connectivity index is 1.01. The van der Waals surface area contributed by atoms with Crippen LogP contribution in [0.15, 0.2) is 52.3 Å². The number of rotatable bonds is 5. The van der Waals surface area contributed by atoms with Gasteiger partial charge in [0, 0.05) is 27.9 Å². The number of fused-ring (bicyclic) bond motifs is 2. The highest BCUT2D eigenvalue weighted by molar-refractivity contribution is 7.99. The largest absolute Gasteiger partial charge is 0.391 e. The van der Waals surface area contributed by atoms with Crippen molar-refractivity contribution in [3.63, 3.8) is 0 Å². The second kappa shape index (κ2) is 8.97. The first-order valence-corrected chi connectivity index (χ1v) is 15.0. The van der Waals surface area contributed by atoms with Gasteiger partial charge in [-0.2, -0.15) is 0 Å². The molecule has 0 amide bonds. The van der Waals surface area contributed by atoms with Gasteiger partial charge in [0.15, 0.2) is 0 Å². The van der Waals surface area contributed by atoms with Crippen LogP contribution in [0.3, 0.4) is 0 Å². The summed E-state index contributed by atoms with van der Waals surface area (Å²) in [6.07, 6.45) is 10.5. The maximum atomic E-state index is 11.5. The van der Waals surface area contributed by atoms with E-state index in [1.807, 2.05) is 17.8 Å². The molecule has 2 heterocycles. The van der Waals surface area contributed by atoms with Crippen LogP contribution in [0.2, 0.25) is 5.02 Å². The van der Waals surface area contributed by atoms with E-state index in [2.05, 4.69) is 46.2 Å². The number of piperidine rings is 1. The van der Waals surface area contributed by atoms with Crippen molar-refractivity contribution in [3.8, 4) is 0 Å². The number of aliphatic hydroxyl groups is 1. The number of para-hydroxylation sites is 1. The van der Waals surface area contributed by atoms with Crippen LogP contribution in [-0.2, 0) is 0 Å². The third kappa shape index (κ3) is 4.23. The average Bonchev–Trinajstić information content (AvgIpc) is 2.84. The predicted molar refractivity (Wildman–Crippen MR) is 145 cm³/mol. The minimum absolute atomic E-state index is 0.132. The molecule has 0 aromatic heterocycles. The van der Waals surface area contributed by atoms with Gasteiger partial charge < -0.3 is 14.9 Å². The summed E-state index contributed by atoms with van der Waals surface area (Å²) in [7, 11) is 0. The molecule has 0 spiro atoms. The lowest BCUT2D eigenvalue weighted by Gasteiger charge is -2.59. The first kappa shape index (κ1) is 23.0. The first-order valence-electron chi connectivity index (χ1n) is 13.8. The quantitative estimate of drug-likeness (QED) is 0.460. The van der Waals surface area contributed by atoms with E-state index in [1.54, 1.807) is 0 Å². The van der Waals surface area contributed by atoms with Crippen LogP contribution >= 0.6 is 23.4 Å². The smallest absolute Gasteiger partial charge is 0.0723 e. The van der Waals surface area contributed by atoms with Crippen molar-refractivity contribution in [1.82, 2.24) is 4.90 Å². The Labute approximate surface area is 219 Å². The van der Waals surface area contributed by atoms with Crippen molar-refractivity contribution < 1.29 is 5.11 Å². The molecule has 35 heavy (non-hydrogen) atoms. The zero-order chi connectivity index (χ0) is 23.6. The SMILES string of the molecule is O[C@H](CN1CCC(CN2c3ccccc3Sc3ccc(Cl)cc32)CC1)C12CC3CC(CC(C3)C1)C2. The van der Waals surface area contributed by atoms with Crippen molar-refractivity contribution in [1.29, 1.82) is 0 Å². The predicted octanol–water partition coefficient (Wildman–Crippen LogP) is 7.23. The molecule has 1 saturated heterocycles. The molecule has 2 aliphatic heterocycles. The molecule has 186 valence electrons. The normalized spacial score (nSPS) is 33.0. The third-order valence-corrected chi connectivity index (χ3v) is 11.3. The molecule has 4 aliphatic carbocycles. The second-order valence-corrected chi connectivity index (χ2v) is 13.9. The van der Waals surface area contributed by atoms with Crippen molar-refractivity contribution in [2.75, 3.05) is 31.1 Å². The van der Waals surface area contributed by atoms with Gasteiger partial charge in [0.05, 0.1) is 17.5 Å². The molecule has 0 radical (unpaired) electrons. The third-order valence-electron chi connectivity index (χ3n) is 9.96. The lowest BCUT2D eigenvalue weighted by Crippen LogP contribution is -2.55. The summed E-state index contributed by atoms with van der Waals surface area (Å²) >= 11 is 8.28. The number of likely N-dealkylation sites (tertiary alicyclic amines) is 1. The standard InChI is InChI=1S/C30H37ClN2OS/c31-24-5-6-28-26(14-24)33(25-3-1-2-4-27(25)35-28)18-20-7-9-32(10-8-20)19-29(34)30-15-21-11-22(16-30)13-23(12-21)17-30/h1-6,14,20-23,29,34H,7-13,15-19H2/t21?,22?,23?,29-,30?/m1/s1. The minimum atomic E-state index is -0.132. The van der Waals surface area contributed by atoms with Gasteiger partial charge in [0.2, 0.25) is 0 Å². The number of hydrogen-bond donors (Lipinski definition) is 1. The Hall–Kier alpha value is -1.20. The summed E-state index contributed by atoms with van der Waals surface area (Å²) in [5.41, 5.74) is 2.80. The van der Waals surface area contributed by atoms with Crippen molar-refractivity contribution in [3.05, 3.63) is 47.5 Å². The highest BCUT2D eigenvalue weighted by Gasteiger charge is 2.54. The highest BCUT2D eigenvalue weighted by Crippen LogP contribution is 2.61. The monoisotopic (exact) mass is 508 g/mol. The fourth-order valence-corrected chi connectivity index (χ4v) is 9.88. The number of aliphatic hydroxyl groups excluding tert-OH is 1. The van der Waals surface area contributed by atoms with Gasteiger partial charge in [-0.25, -0.2) is 0 Å². The summed E-state index contributed by atoms with van der Waals surface area (Å²) in [4.78, 5) is 7.71. The van der Waals surface area contributed by atoms with E-state index in [9.17, 15) is 5.11 Å². The molecular weight excluding hydrogens is 472 g/mol. The Kier molecular flexibility index (Phi) is 5.89. The second-order valence-electron chi connectivity index (χ2n) is 12.3. The Morgan fingerprint density at radius 3 is 2.29 bits per heavy atom. The van der Waals surface area contributed by atoms with Crippen LogP contribution < -0.4 is 4.90 Å². The molecule has 3 nitrogen and oxygen atoms in total. The van der Waals surface area contributed by atoms with Crippen LogP contribution in [-0.4, -0.2) is 42.3 Å². The maximum absolute atomic E-state index is 11.5. The average molecular weight is 509 g/mol. The Morgan fingerprint density at radius 2 is 1.57 bits per heavy atom. The number of nitrogens with zero attached hydrogens (tertiary/aromatic N) is 2. The number of β-amino-alcohol motifs (C(OH)–C–C–N with tert-alkyl or cyclic N) is 1. The zero-order valence-electron chi connectivity index (χ0n) is 20.5. The lowest BCUT2D eigenvalue weighted by atomic mass is 9.48. The van der Waals surface area contributed by atoms with Crippen LogP contribution in [0.4, 0.5) is 11.4 Å². The number of hydrogen-bond acceptors (Lipinski definition) is 4. The topological polar surface area (TPSA) is 26.7 Å². The number of anilines is 2.